The molecule has 0 fully saturated rings. The SMILES string of the molecule is O=Cc1ccc(F)cc1Cc1ccc2ccccc2n1. The number of hydrogen-bond acceptors (Lipinski definition) is 2. The van der Waals surface area contributed by atoms with Crippen molar-refractivity contribution in [2.24, 2.45) is 0 Å². The van der Waals surface area contributed by atoms with Gasteiger partial charge in [0.05, 0.1) is 5.52 Å². The molecule has 1 heterocycles. The number of carbonyl (C=O) groups is 1. The molecule has 0 atom stereocenters. The summed E-state index contributed by atoms with van der Waals surface area (Å²) in [6.45, 7) is 0. The van der Waals surface area contributed by atoms with E-state index in [1.165, 1.54) is 18.2 Å². The van der Waals surface area contributed by atoms with E-state index in [0.717, 1.165) is 22.9 Å². The summed E-state index contributed by atoms with van der Waals surface area (Å²) in [5.74, 6) is -0.341. The molecule has 1 aromatic heterocycles. The van der Waals surface area contributed by atoms with Crippen molar-refractivity contribution in [2.75, 3.05) is 0 Å². The molecule has 0 aliphatic rings. The monoisotopic (exact) mass is 265 g/mol. The number of aldehydes is 1. The van der Waals surface area contributed by atoms with Crippen LogP contribution < -0.4 is 0 Å². The van der Waals surface area contributed by atoms with Crippen molar-refractivity contribution in [1.29, 1.82) is 0 Å². The summed E-state index contributed by atoms with van der Waals surface area (Å²) in [6.07, 6.45) is 1.19. The molecule has 3 heteroatoms. The minimum absolute atomic E-state index is 0.341. The van der Waals surface area contributed by atoms with Crippen LogP contribution in [0, 0.1) is 5.82 Å². The second-order valence-corrected chi connectivity index (χ2v) is 4.63. The third-order valence-electron chi connectivity index (χ3n) is 3.26. The highest BCUT2D eigenvalue weighted by Gasteiger charge is 2.06. The summed E-state index contributed by atoms with van der Waals surface area (Å²) < 4.78 is 13.3. The van der Waals surface area contributed by atoms with Crippen LogP contribution in [0.4, 0.5) is 4.39 Å². The number of halogens is 1. The molecule has 0 bridgehead atoms. The molecule has 0 amide bonds. The number of rotatable bonds is 3. The average molecular weight is 265 g/mol. The van der Waals surface area contributed by atoms with Gasteiger partial charge in [0.2, 0.25) is 0 Å². The molecule has 2 nitrogen and oxygen atoms in total. The van der Waals surface area contributed by atoms with Crippen molar-refractivity contribution in [3.05, 3.63) is 77.2 Å². The zero-order valence-corrected chi connectivity index (χ0v) is 10.7. The number of pyridine rings is 1. The van der Waals surface area contributed by atoms with Gasteiger partial charge in [-0.1, -0.05) is 24.3 Å². The molecule has 0 saturated heterocycles. The largest absolute Gasteiger partial charge is 0.298 e. The molecule has 2 aromatic carbocycles. The number of fused-ring (bicyclic) bond motifs is 1. The lowest BCUT2D eigenvalue weighted by Gasteiger charge is -2.06. The zero-order chi connectivity index (χ0) is 13.9. The van der Waals surface area contributed by atoms with E-state index >= 15 is 0 Å². The first kappa shape index (κ1) is 12.5. The normalized spacial score (nSPS) is 10.7. The second-order valence-electron chi connectivity index (χ2n) is 4.63. The van der Waals surface area contributed by atoms with Crippen molar-refractivity contribution in [3.8, 4) is 0 Å². The maximum Gasteiger partial charge on any atom is 0.150 e. The van der Waals surface area contributed by atoms with Crippen LogP contribution >= 0.6 is 0 Å². The third kappa shape index (κ3) is 2.43. The van der Waals surface area contributed by atoms with Crippen LogP contribution in [0.25, 0.3) is 10.9 Å². The van der Waals surface area contributed by atoms with Crippen LogP contribution in [0.5, 0.6) is 0 Å². The number of benzene rings is 2. The Morgan fingerprint density at radius 2 is 1.90 bits per heavy atom. The lowest BCUT2D eigenvalue weighted by atomic mass is 10.0. The Hall–Kier alpha value is -2.55. The Labute approximate surface area is 115 Å². The van der Waals surface area contributed by atoms with Gasteiger partial charge in [0.25, 0.3) is 0 Å². The highest BCUT2D eigenvalue weighted by Crippen LogP contribution is 2.17. The van der Waals surface area contributed by atoms with E-state index in [-0.39, 0.29) is 5.82 Å². The van der Waals surface area contributed by atoms with E-state index in [4.69, 9.17) is 0 Å². The lowest BCUT2D eigenvalue weighted by Crippen LogP contribution is -1.98. The molecular weight excluding hydrogens is 253 g/mol. The minimum Gasteiger partial charge on any atom is -0.298 e. The van der Waals surface area contributed by atoms with E-state index in [2.05, 4.69) is 4.98 Å². The first-order valence-corrected chi connectivity index (χ1v) is 6.34. The molecule has 0 unspecified atom stereocenters. The van der Waals surface area contributed by atoms with E-state index in [9.17, 15) is 9.18 Å². The molecule has 0 aliphatic heterocycles. The van der Waals surface area contributed by atoms with Gasteiger partial charge in [-0.3, -0.25) is 9.78 Å². The number of nitrogens with zero attached hydrogens (tertiary/aromatic N) is 1. The molecule has 0 N–H and O–H groups in total. The highest BCUT2D eigenvalue weighted by atomic mass is 19.1. The summed E-state index contributed by atoms with van der Waals surface area (Å²) in [4.78, 5) is 15.5. The fourth-order valence-electron chi connectivity index (χ4n) is 2.24. The Balaban J connectivity index is 2.00. The average Bonchev–Trinajstić information content (AvgIpc) is 2.47. The maximum absolute atomic E-state index is 13.3. The fraction of sp³-hybridized carbons (Fsp3) is 0.0588. The molecule has 0 saturated carbocycles. The maximum atomic E-state index is 13.3. The number of aromatic nitrogens is 1. The molecule has 98 valence electrons. The van der Waals surface area contributed by atoms with Crippen LogP contribution in [0.15, 0.2) is 54.6 Å². The summed E-state index contributed by atoms with van der Waals surface area (Å²) in [5, 5.41) is 1.06. The quantitative estimate of drug-likeness (QED) is 0.675. The minimum atomic E-state index is -0.341. The Bertz CT molecular complexity index is 783. The summed E-state index contributed by atoms with van der Waals surface area (Å²) >= 11 is 0. The standard InChI is InChI=1S/C17H12FNO/c18-15-7-5-13(11-20)14(9-15)10-16-8-6-12-3-1-2-4-17(12)19-16/h1-9,11H,10H2. The highest BCUT2D eigenvalue weighted by molar-refractivity contribution is 5.79. The Morgan fingerprint density at radius 1 is 1.05 bits per heavy atom. The van der Waals surface area contributed by atoms with Crippen LogP contribution in [-0.2, 0) is 6.42 Å². The van der Waals surface area contributed by atoms with Gasteiger partial charge in [0.1, 0.15) is 12.1 Å². The van der Waals surface area contributed by atoms with E-state index in [1.807, 2.05) is 36.4 Å². The molecule has 0 spiro atoms. The fourth-order valence-corrected chi connectivity index (χ4v) is 2.24. The predicted molar refractivity (Wildman–Crippen MR) is 76.3 cm³/mol. The zero-order valence-electron chi connectivity index (χ0n) is 10.7. The lowest BCUT2D eigenvalue weighted by molar-refractivity contribution is 0.112. The van der Waals surface area contributed by atoms with Crippen molar-refractivity contribution >= 4 is 17.2 Å². The van der Waals surface area contributed by atoms with Crippen molar-refractivity contribution in [3.63, 3.8) is 0 Å². The summed E-state index contributed by atoms with van der Waals surface area (Å²) in [7, 11) is 0. The van der Waals surface area contributed by atoms with Gasteiger partial charge >= 0.3 is 0 Å². The molecular formula is C17H12FNO. The molecule has 3 rings (SSSR count). The van der Waals surface area contributed by atoms with Gasteiger partial charge in [-0.05, 0) is 35.9 Å². The number of hydrogen-bond donors (Lipinski definition) is 0. The van der Waals surface area contributed by atoms with Gasteiger partial charge in [0, 0.05) is 23.1 Å². The van der Waals surface area contributed by atoms with Crippen LogP contribution in [0.1, 0.15) is 21.6 Å². The summed E-state index contributed by atoms with van der Waals surface area (Å²) in [6, 6.07) is 15.9. The van der Waals surface area contributed by atoms with Crippen molar-refractivity contribution in [1.82, 2.24) is 4.98 Å². The van der Waals surface area contributed by atoms with Crippen LogP contribution in [0.2, 0.25) is 0 Å². The topological polar surface area (TPSA) is 30.0 Å². The van der Waals surface area contributed by atoms with Crippen molar-refractivity contribution in [2.45, 2.75) is 6.42 Å². The summed E-state index contributed by atoms with van der Waals surface area (Å²) in [5.41, 5.74) is 2.87. The Morgan fingerprint density at radius 3 is 2.75 bits per heavy atom. The van der Waals surface area contributed by atoms with Gasteiger partial charge in [-0.15, -0.1) is 0 Å². The van der Waals surface area contributed by atoms with E-state index in [1.54, 1.807) is 0 Å². The third-order valence-corrected chi connectivity index (χ3v) is 3.26. The first-order chi connectivity index (χ1) is 9.76. The van der Waals surface area contributed by atoms with E-state index < -0.39 is 0 Å². The first-order valence-electron chi connectivity index (χ1n) is 6.34. The van der Waals surface area contributed by atoms with Gasteiger partial charge in [-0.2, -0.15) is 0 Å². The number of para-hydroxylation sites is 1. The molecule has 20 heavy (non-hydrogen) atoms. The van der Waals surface area contributed by atoms with Gasteiger partial charge in [0.15, 0.2) is 0 Å². The van der Waals surface area contributed by atoms with Gasteiger partial charge in [-0.25, -0.2) is 4.39 Å². The Kier molecular flexibility index (Phi) is 3.25. The molecule has 3 aromatic rings. The second kappa shape index (κ2) is 5.21. The van der Waals surface area contributed by atoms with E-state index in [0.29, 0.717) is 17.5 Å². The van der Waals surface area contributed by atoms with Crippen LogP contribution in [-0.4, -0.2) is 11.3 Å². The molecule has 0 aliphatic carbocycles. The van der Waals surface area contributed by atoms with Crippen molar-refractivity contribution < 1.29 is 9.18 Å². The van der Waals surface area contributed by atoms with Gasteiger partial charge < -0.3 is 0 Å². The smallest absolute Gasteiger partial charge is 0.150 e. The van der Waals surface area contributed by atoms with Crippen LogP contribution in [0.3, 0.4) is 0 Å². The predicted octanol–water partition coefficient (Wildman–Crippen LogP) is 3.78. The number of carbonyl (C=O) groups excluding carboxylic acids is 1. The molecule has 0 radical (unpaired) electrons.